The number of guanidine groups is 1. The van der Waals surface area contributed by atoms with Gasteiger partial charge in [-0.2, -0.15) is 0 Å². The number of methoxy groups -OCH3 is 1. The van der Waals surface area contributed by atoms with Crippen molar-refractivity contribution in [3.05, 3.63) is 23.2 Å². The van der Waals surface area contributed by atoms with Gasteiger partial charge in [0.25, 0.3) is 0 Å². The zero-order valence-corrected chi connectivity index (χ0v) is 8.80. The average molecular weight is 214 g/mol. The van der Waals surface area contributed by atoms with Crippen molar-refractivity contribution in [1.29, 1.82) is 0 Å². The van der Waals surface area contributed by atoms with E-state index >= 15 is 0 Å². The molecule has 1 rings (SSSR count). The Morgan fingerprint density at radius 3 is 2.86 bits per heavy atom. The number of nitrogens with zero attached hydrogens (tertiary/aromatic N) is 1. The molecule has 0 unspecified atom stereocenters. The predicted octanol–water partition coefficient (Wildman–Crippen LogP) is 1.70. The molecular formula is C9H12ClN3O. The Bertz CT molecular complexity index is 352. The lowest BCUT2D eigenvalue weighted by atomic mass is 10.3. The highest BCUT2D eigenvalue weighted by molar-refractivity contribution is 6.32. The van der Waals surface area contributed by atoms with Crippen molar-refractivity contribution >= 4 is 23.2 Å². The average Bonchev–Trinajstić information content (AvgIpc) is 2.20. The van der Waals surface area contributed by atoms with Crippen LogP contribution in [0.5, 0.6) is 5.75 Å². The first kappa shape index (κ1) is 10.7. The number of anilines is 1. The van der Waals surface area contributed by atoms with Gasteiger partial charge in [-0.05, 0) is 12.1 Å². The van der Waals surface area contributed by atoms with Crippen LogP contribution in [0.3, 0.4) is 0 Å². The second-order valence-corrected chi connectivity index (χ2v) is 2.99. The van der Waals surface area contributed by atoms with Gasteiger partial charge in [-0.1, -0.05) is 11.6 Å². The van der Waals surface area contributed by atoms with E-state index in [9.17, 15) is 0 Å². The third-order valence-corrected chi connectivity index (χ3v) is 1.98. The quantitative estimate of drug-likeness (QED) is 0.581. The molecule has 0 amide bonds. The van der Waals surface area contributed by atoms with E-state index in [1.54, 1.807) is 32.4 Å². The van der Waals surface area contributed by atoms with Gasteiger partial charge >= 0.3 is 0 Å². The summed E-state index contributed by atoms with van der Waals surface area (Å²) < 4.78 is 5.05. The zero-order chi connectivity index (χ0) is 10.6. The standard InChI is InChI=1S/C9H12ClN3O/c1-12-9(11)13-6-3-4-7(10)8(5-6)14-2/h3-5H,1-2H3,(H3,11,12,13). The molecule has 0 aliphatic carbocycles. The molecular weight excluding hydrogens is 202 g/mol. The molecule has 0 heterocycles. The van der Waals surface area contributed by atoms with Crippen LogP contribution in [0.1, 0.15) is 0 Å². The lowest BCUT2D eigenvalue weighted by Gasteiger charge is -2.07. The summed E-state index contributed by atoms with van der Waals surface area (Å²) >= 11 is 5.85. The fraction of sp³-hybridized carbons (Fsp3) is 0.222. The number of nitrogens with one attached hydrogen (secondary N) is 1. The van der Waals surface area contributed by atoms with Gasteiger partial charge in [0.1, 0.15) is 5.75 Å². The Hall–Kier alpha value is -1.42. The molecule has 0 spiro atoms. The molecule has 0 saturated heterocycles. The predicted molar refractivity (Wildman–Crippen MR) is 59.2 cm³/mol. The number of halogens is 1. The molecule has 3 N–H and O–H groups in total. The lowest BCUT2D eigenvalue weighted by molar-refractivity contribution is 0.415. The van der Waals surface area contributed by atoms with Crippen molar-refractivity contribution in [2.75, 3.05) is 19.5 Å². The highest BCUT2D eigenvalue weighted by Gasteiger charge is 2.01. The Morgan fingerprint density at radius 2 is 2.29 bits per heavy atom. The molecule has 76 valence electrons. The third-order valence-electron chi connectivity index (χ3n) is 1.66. The summed E-state index contributed by atoms with van der Waals surface area (Å²) in [5.74, 6) is 0.940. The van der Waals surface area contributed by atoms with Crippen molar-refractivity contribution in [2.24, 2.45) is 10.7 Å². The SMILES string of the molecule is CN=C(N)Nc1ccc(Cl)c(OC)c1. The van der Waals surface area contributed by atoms with Crippen LogP contribution >= 0.6 is 11.6 Å². The summed E-state index contributed by atoms with van der Waals surface area (Å²) in [6.07, 6.45) is 0. The first-order chi connectivity index (χ1) is 6.67. The summed E-state index contributed by atoms with van der Waals surface area (Å²) in [5.41, 5.74) is 6.29. The van der Waals surface area contributed by atoms with Crippen LogP contribution in [-0.4, -0.2) is 20.1 Å². The maximum atomic E-state index is 5.85. The smallest absolute Gasteiger partial charge is 0.192 e. The van der Waals surface area contributed by atoms with Crippen molar-refractivity contribution in [3.8, 4) is 5.75 Å². The van der Waals surface area contributed by atoms with Crippen molar-refractivity contribution in [2.45, 2.75) is 0 Å². The van der Waals surface area contributed by atoms with E-state index in [1.807, 2.05) is 0 Å². The van der Waals surface area contributed by atoms with Gasteiger partial charge in [0, 0.05) is 18.8 Å². The van der Waals surface area contributed by atoms with E-state index in [-0.39, 0.29) is 0 Å². The highest BCUT2D eigenvalue weighted by Crippen LogP contribution is 2.27. The molecule has 1 aromatic carbocycles. The molecule has 0 saturated carbocycles. The number of ether oxygens (including phenoxy) is 1. The van der Waals surface area contributed by atoms with Crippen LogP contribution in [-0.2, 0) is 0 Å². The van der Waals surface area contributed by atoms with Gasteiger partial charge in [0.15, 0.2) is 5.96 Å². The molecule has 0 aliphatic rings. The Balaban J connectivity index is 2.90. The maximum absolute atomic E-state index is 5.85. The first-order valence-electron chi connectivity index (χ1n) is 4.00. The van der Waals surface area contributed by atoms with Crippen LogP contribution in [0.2, 0.25) is 5.02 Å². The van der Waals surface area contributed by atoms with Crippen LogP contribution in [0, 0.1) is 0 Å². The van der Waals surface area contributed by atoms with E-state index < -0.39 is 0 Å². The van der Waals surface area contributed by atoms with Crippen LogP contribution < -0.4 is 15.8 Å². The van der Waals surface area contributed by atoms with Crippen LogP contribution in [0.15, 0.2) is 23.2 Å². The second-order valence-electron chi connectivity index (χ2n) is 2.58. The van der Waals surface area contributed by atoms with Gasteiger partial charge in [-0.25, -0.2) is 0 Å². The molecule has 0 aromatic heterocycles. The van der Waals surface area contributed by atoms with E-state index in [0.717, 1.165) is 5.69 Å². The molecule has 5 heteroatoms. The number of benzene rings is 1. The van der Waals surface area contributed by atoms with E-state index in [0.29, 0.717) is 16.7 Å². The summed E-state index contributed by atoms with van der Waals surface area (Å²) in [4.78, 5) is 3.77. The van der Waals surface area contributed by atoms with Gasteiger partial charge in [-0.15, -0.1) is 0 Å². The minimum absolute atomic E-state index is 0.342. The molecule has 0 bridgehead atoms. The Labute approximate surface area is 87.7 Å². The minimum Gasteiger partial charge on any atom is -0.495 e. The highest BCUT2D eigenvalue weighted by atomic mass is 35.5. The summed E-state index contributed by atoms with van der Waals surface area (Å²) in [6.45, 7) is 0. The van der Waals surface area contributed by atoms with Gasteiger partial charge < -0.3 is 15.8 Å². The fourth-order valence-electron chi connectivity index (χ4n) is 0.941. The maximum Gasteiger partial charge on any atom is 0.192 e. The summed E-state index contributed by atoms with van der Waals surface area (Å²) in [7, 11) is 3.16. The van der Waals surface area contributed by atoms with Crippen molar-refractivity contribution in [3.63, 3.8) is 0 Å². The lowest BCUT2D eigenvalue weighted by Crippen LogP contribution is -2.21. The van der Waals surface area contributed by atoms with E-state index in [4.69, 9.17) is 22.1 Å². The largest absolute Gasteiger partial charge is 0.495 e. The molecule has 0 aliphatic heterocycles. The zero-order valence-electron chi connectivity index (χ0n) is 8.04. The van der Waals surface area contributed by atoms with Crippen LogP contribution in [0.4, 0.5) is 5.69 Å². The first-order valence-corrected chi connectivity index (χ1v) is 4.38. The van der Waals surface area contributed by atoms with Crippen molar-refractivity contribution in [1.82, 2.24) is 0 Å². The number of rotatable bonds is 2. The summed E-state index contributed by atoms with van der Waals surface area (Å²) in [5, 5.41) is 3.44. The minimum atomic E-state index is 0.342. The molecule has 0 radical (unpaired) electrons. The Kier molecular flexibility index (Phi) is 3.59. The topological polar surface area (TPSA) is 59.6 Å². The van der Waals surface area contributed by atoms with Crippen LogP contribution in [0.25, 0.3) is 0 Å². The van der Waals surface area contributed by atoms with E-state index in [2.05, 4.69) is 10.3 Å². The molecule has 4 nitrogen and oxygen atoms in total. The van der Waals surface area contributed by atoms with Gasteiger partial charge in [-0.3, -0.25) is 4.99 Å². The van der Waals surface area contributed by atoms with E-state index in [1.165, 1.54) is 0 Å². The second kappa shape index (κ2) is 4.72. The third kappa shape index (κ3) is 2.53. The molecule has 0 fully saturated rings. The molecule has 0 atom stereocenters. The number of aliphatic imine (C=N–C) groups is 1. The molecule has 1 aromatic rings. The number of hydrogen-bond acceptors (Lipinski definition) is 2. The summed E-state index contributed by atoms with van der Waals surface area (Å²) in [6, 6.07) is 5.27. The van der Waals surface area contributed by atoms with Gasteiger partial charge in [0.05, 0.1) is 12.1 Å². The van der Waals surface area contributed by atoms with Crippen molar-refractivity contribution < 1.29 is 4.74 Å². The Morgan fingerprint density at radius 1 is 1.57 bits per heavy atom. The molecule has 14 heavy (non-hydrogen) atoms. The fourth-order valence-corrected chi connectivity index (χ4v) is 1.14. The normalized spacial score (nSPS) is 11.2. The number of hydrogen-bond donors (Lipinski definition) is 2. The monoisotopic (exact) mass is 213 g/mol. The van der Waals surface area contributed by atoms with Gasteiger partial charge in [0.2, 0.25) is 0 Å². The number of nitrogens with two attached hydrogens (primary N) is 1.